The molecule has 8 nitrogen and oxygen atoms in total. The third-order valence-electron chi connectivity index (χ3n) is 3.71. The van der Waals surface area contributed by atoms with Gasteiger partial charge in [-0.05, 0) is 37.3 Å². The Morgan fingerprint density at radius 2 is 2.04 bits per heavy atom. The van der Waals surface area contributed by atoms with E-state index in [-0.39, 0.29) is 17.7 Å². The normalized spacial score (nSPS) is 11.8. The number of rotatable bonds is 8. The van der Waals surface area contributed by atoms with Crippen molar-refractivity contribution in [1.29, 1.82) is 0 Å². The Labute approximate surface area is 160 Å². The second-order valence-corrected chi connectivity index (χ2v) is 6.46. The Kier molecular flexibility index (Phi) is 6.02. The predicted octanol–water partition coefficient (Wildman–Crippen LogP) is 3.32. The topological polar surface area (TPSA) is 99.6 Å². The number of ether oxygens (including phenoxy) is 2. The van der Waals surface area contributed by atoms with Gasteiger partial charge in [0.25, 0.3) is 5.22 Å². The SMILES string of the molecule is COc1ccc(-c2nnc(SCC(=O)N[C@@H](C)c3ccco3)o2)cc1OC. The minimum Gasteiger partial charge on any atom is -0.493 e. The van der Waals surface area contributed by atoms with Crippen LogP contribution in [-0.2, 0) is 4.79 Å². The Hall–Kier alpha value is -2.94. The molecule has 3 rings (SSSR count). The maximum atomic E-state index is 12.1. The fourth-order valence-electron chi connectivity index (χ4n) is 2.37. The van der Waals surface area contributed by atoms with Gasteiger partial charge in [-0.15, -0.1) is 10.2 Å². The molecule has 1 aromatic carbocycles. The molecule has 0 unspecified atom stereocenters. The summed E-state index contributed by atoms with van der Waals surface area (Å²) in [5.74, 6) is 2.20. The molecule has 2 aromatic heterocycles. The molecular formula is C18H19N3O5S. The molecule has 0 bridgehead atoms. The maximum absolute atomic E-state index is 12.1. The van der Waals surface area contributed by atoms with Crippen LogP contribution in [0.2, 0.25) is 0 Å². The van der Waals surface area contributed by atoms with Gasteiger partial charge in [-0.1, -0.05) is 11.8 Å². The number of hydrogen-bond donors (Lipinski definition) is 1. The van der Waals surface area contributed by atoms with Crippen LogP contribution in [0.3, 0.4) is 0 Å². The third-order valence-corrected chi connectivity index (χ3v) is 4.53. The number of thioether (sulfide) groups is 1. The Bertz CT molecular complexity index is 894. The minimum atomic E-state index is -0.210. The number of nitrogens with one attached hydrogen (secondary N) is 1. The minimum absolute atomic E-state index is 0.151. The van der Waals surface area contributed by atoms with Gasteiger partial charge in [0.2, 0.25) is 11.8 Å². The van der Waals surface area contributed by atoms with Crippen LogP contribution in [0.15, 0.2) is 50.7 Å². The fourth-order valence-corrected chi connectivity index (χ4v) is 2.95. The zero-order valence-electron chi connectivity index (χ0n) is 15.1. The fraction of sp³-hybridized carbons (Fsp3) is 0.278. The number of benzene rings is 1. The van der Waals surface area contributed by atoms with Crippen LogP contribution in [0.5, 0.6) is 11.5 Å². The van der Waals surface area contributed by atoms with Crippen molar-refractivity contribution in [2.75, 3.05) is 20.0 Å². The highest BCUT2D eigenvalue weighted by Crippen LogP contribution is 2.32. The van der Waals surface area contributed by atoms with Crippen molar-refractivity contribution in [1.82, 2.24) is 15.5 Å². The van der Waals surface area contributed by atoms with E-state index in [1.807, 2.05) is 13.0 Å². The molecule has 2 heterocycles. The van der Waals surface area contributed by atoms with E-state index in [0.717, 1.165) is 11.8 Å². The molecule has 0 fully saturated rings. The molecule has 1 atom stereocenters. The van der Waals surface area contributed by atoms with Gasteiger partial charge < -0.3 is 23.6 Å². The summed E-state index contributed by atoms with van der Waals surface area (Å²) < 4.78 is 21.4. The zero-order valence-corrected chi connectivity index (χ0v) is 15.9. The third kappa shape index (κ3) is 4.62. The standard InChI is InChI=1S/C18H19N3O5S/c1-11(13-5-4-8-25-13)19-16(22)10-27-18-21-20-17(26-18)12-6-7-14(23-2)15(9-12)24-3/h4-9,11H,10H2,1-3H3,(H,19,22)/t11-/m0/s1. The van der Waals surface area contributed by atoms with Crippen molar-refractivity contribution < 1.29 is 23.1 Å². The molecule has 0 aliphatic heterocycles. The molecule has 1 N–H and O–H groups in total. The molecule has 9 heteroatoms. The van der Waals surface area contributed by atoms with Crippen LogP contribution in [0.1, 0.15) is 18.7 Å². The number of amides is 1. The van der Waals surface area contributed by atoms with Crippen LogP contribution in [0.4, 0.5) is 0 Å². The van der Waals surface area contributed by atoms with Gasteiger partial charge in [0.15, 0.2) is 11.5 Å². The molecular weight excluding hydrogens is 370 g/mol. The summed E-state index contributed by atoms with van der Waals surface area (Å²) in [6, 6.07) is 8.68. The van der Waals surface area contributed by atoms with Crippen molar-refractivity contribution in [2.24, 2.45) is 0 Å². The summed E-state index contributed by atoms with van der Waals surface area (Å²) in [6.45, 7) is 1.85. The van der Waals surface area contributed by atoms with Crippen molar-refractivity contribution in [3.8, 4) is 23.0 Å². The summed E-state index contributed by atoms with van der Waals surface area (Å²) in [5, 5.41) is 11.1. The first-order valence-corrected chi connectivity index (χ1v) is 9.10. The lowest BCUT2D eigenvalue weighted by Crippen LogP contribution is -2.27. The molecule has 1 amide bonds. The Balaban J connectivity index is 1.59. The maximum Gasteiger partial charge on any atom is 0.277 e. The van der Waals surface area contributed by atoms with Crippen molar-refractivity contribution in [2.45, 2.75) is 18.2 Å². The highest BCUT2D eigenvalue weighted by molar-refractivity contribution is 7.99. The zero-order chi connectivity index (χ0) is 19.2. The van der Waals surface area contributed by atoms with Gasteiger partial charge in [0.1, 0.15) is 5.76 Å². The summed E-state index contributed by atoms with van der Waals surface area (Å²) in [7, 11) is 3.12. The molecule has 0 aliphatic carbocycles. The van der Waals surface area contributed by atoms with Gasteiger partial charge in [0, 0.05) is 5.56 Å². The average Bonchev–Trinajstić information content (AvgIpc) is 3.37. The number of carbonyl (C=O) groups excluding carboxylic acids is 1. The van der Waals surface area contributed by atoms with E-state index in [2.05, 4.69) is 15.5 Å². The van der Waals surface area contributed by atoms with Gasteiger partial charge in [-0.2, -0.15) is 0 Å². The first-order valence-electron chi connectivity index (χ1n) is 8.12. The van der Waals surface area contributed by atoms with E-state index >= 15 is 0 Å². The van der Waals surface area contributed by atoms with Gasteiger partial charge in [-0.3, -0.25) is 4.79 Å². The smallest absolute Gasteiger partial charge is 0.277 e. The monoisotopic (exact) mass is 389 g/mol. The van der Waals surface area contributed by atoms with Crippen LogP contribution < -0.4 is 14.8 Å². The van der Waals surface area contributed by atoms with Gasteiger partial charge in [0.05, 0.1) is 32.3 Å². The lowest BCUT2D eigenvalue weighted by atomic mass is 10.2. The largest absolute Gasteiger partial charge is 0.493 e. The first-order chi connectivity index (χ1) is 13.1. The number of methoxy groups -OCH3 is 2. The lowest BCUT2D eigenvalue weighted by Gasteiger charge is -2.10. The number of aromatic nitrogens is 2. The van der Waals surface area contributed by atoms with Crippen LogP contribution >= 0.6 is 11.8 Å². The molecule has 0 saturated heterocycles. The van der Waals surface area contributed by atoms with E-state index in [4.69, 9.17) is 18.3 Å². The average molecular weight is 389 g/mol. The second-order valence-electron chi connectivity index (χ2n) is 5.54. The Morgan fingerprint density at radius 1 is 1.22 bits per heavy atom. The number of furan rings is 1. The highest BCUT2D eigenvalue weighted by atomic mass is 32.2. The van der Waals surface area contributed by atoms with Crippen molar-refractivity contribution in [3.05, 3.63) is 42.4 Å². The van der Waals surface area contributed by atoms with Gasteiger partial charge in [-0.25, -0.2) is 0 Å². The van der Waals surface area contributed by atoms with Crippen LogP contribution in [0, 0.1) is 0 Å². The highest BCUT2D eigenvalue weighted by Gasteiger charge is 2.15. The molecule has 0 radical (unpaired) electrons. The van der Waals surface area contributed by atoms with E-state index in [9.17, 15) is 4.79 Å². The second kappa shape index (κ2) is 8.63. The molecule has 142 valence electrons. The quantitative estimate of drug-likeness (QED) is 0.586. The van der Waals surface area contributed by atoms with E-state index < -0.39 is 0 Å². The number of carbonyl (C=O) groups is 1. The summed E-state index contributed by atoms with van der Waals surface area (Å²) in [4.78, 5) is 12.1. The van der Waals surface area contributed by atoms with Crippen LogP contribution in [0.25, 0.3) is 11.5 Å². The van der Waals surface area contributed by atoms with E-state index in [1.165, 1.54) is 0 Å². The van der Waals surface area contributed by atoms with E-state index in [1.54, 1.807) is 44.7 Å². The summed E-state index contributed by atoms with van der Waals surface area (Å²) in [5.41, 5.74) is 0.697. The van der Waals surface area contributed by atoms with Gasteiger partial charge >= 0.3 is 0 Å². The molecule has 0 saturated carbocycles. The number of nitrogens with zero attached hydrogens (tertiary/aromatic N) is 2. The summed E-state index contributed by atoms with van der Waals surface area (Å²) >= 11 is 1.16. The number of hydrogen-bond acceptors (Lipinski definition) is 8. The predicted molar refractivity (Wildman–Crippen MR) is 98.8 cm³/mol. The Morgan fingerprint density at radius 3 is 2.74 bits per heavy atom. The molecule has 0 spiro atoms. The van der Waals surface area contributed by atoms with Crippen molar-refractivity contribution in [3.63, 3.8) is 0 Å². The molecule has 3 aromatic rings. The molecule has 27 heavy (non-hydrogen) atoms. The van der Waals surface area contributed by atoms with Crippen LogP contribution in [-0.4, -0.2) is 36.1 Å². The lowest BCUT2D eigenvalue weighted by molar-refractivity contribution is -0.119. The molecule has 0 aliphatic rings. The summed E-state index contributed by atoms with van der Waals surface area (Å²) in [6.07, 6.45) is 1.57. The van der Waals surface area contributed by atoms with E-state index in [0.29, 0.717) is 33.9 Å². The van der Waals surface area contributed by atoms with Crippen molar-refractivity contribution >= 4 is 17.7 Å². The first kappa shape index (κ1) is 18.8.